The molecule has 1 atom stereocenters. The second-order valence-corrected chi connectivity index (χ2v) is 4.72. The maximum atomic E-state index is 11.7. The lowest BCUT2D eigenvalue weighted by molar-refractivity contribution is -0.125. The molecule has 0 heterocycles. The molecule has 0 aliphatic heterocycles. The molecule has 0 bridgehead atoms. The molecule has 1 unspecified atom stereocenters. The van der Waals surface area contributed by atoms with Gasteiger partial charge in [0, 0.05) is 22.1 Å². The van der Waals surface area contributed by atoms with Crippen molar-refractivity contribution in [3.63, 3.8) is 0 Å². The van der Waals surface area contributed by atoms with E-state index in [1.165, 1.54) is 6.08 Å². The van der Waals surface area contributed by atoms with E-state index in [1.807, 2.05) is 0 Å². The van der Waals surface area contributed by atoms with Crippen LogP contribution in [0.15, 0.2) is 22.8 Å². The Bertz CT molecular complexity index is 481. The highest BCUT2D eigenvalue weighted by atomic mass is 16.3. The lowest BCUT2D eigenvalue weighted by Crippen LogP contribution is -2.30. The fourth-order valence-corrected chi connectivity index (χ4v) is 1.84. The van der Waals surface area contributed by atoms with Crippen LogP contribution in [0.3, 0.4) is 0 Å². The van der Waals surface area contributed by atoms with Crippen LogP contribution < -0.4 is 0 Å². The number of hydrogen-bond donors (Lipinski definition) is 1. The Hall–Kier alpha value is -1.66. The summed E-state index contributed by atoms with van der Waals surface area (Å²) in [5.41, 5.74) is 1.13. The number of carbonyl (C=O) groups excluding carboxylic acids is 2. The summed E-state index contributed by atoms with van der Waals surface area (Å²) in [7, 11) is 0. The van der Waals surface area contributed by atoms with Crippen molar-refractivity contribution < 1.29 is 14.7 Å². The zero-order chi connectivity index (χ0) is 13.2. The molecule has 0 saturated carbocycles. The van der Waals surface area contributed by atoms with Gasteiger partial charge in [-0.2, -0.15) is 0 Å². The minimum absolute atomic E-state index is 0.267. The minimum atomic E-state index is -1.03. The van der Waals surface area contributed by atoms with E-state index in [9.17, 15) is 14.7 Å². The first kappa shape index (κ1) is 13.4. The molecule has 1 rings (SSSR count). The third-order valence-corrected chi connectivity index (χ3v) is 3.02. The zero-order valence-electron chi connectivity index (χ0n) is 10.5. The van der Waals surface area contributed by atoms with Gasteiger partial charge in [-0.25, -0.2) is 0 Å². The van der Waals surface area contributed by atoms with Gasteiger partial charge in [0.2, 0.25) is 0 Å². The Morgan fingerprint density at radius 2 is 2.06 bits per heavy atom. The molecule has 1 N–H and O–H groups in total. The van der Waals surface area contributed by atoms with Crippen molar-refractivity contribution in [3.05, 3.63) is 22.8 Å². The average Bonchev–Trinajstić information content (AvgIpc) is 2.39. The van der Waals surface area contributed by atoms with Crippen molar-refractivity contribution in [2.24, 2.45) is 5.41 Å². The molecule has 0 spiro atoms. The molecule has 90 valence electrons. The highest BCUT2D eigenvalue weighted by molar-refractivity contribution is 6.03. The number of aliphatic hydroxyl groups is 1. The second kappa shape index (κ2) is 4.68. The van der Waals surface area contributed by atoms with E-state index in [2.05, 4.69) is 11.8 Å². The van der Waals surface area contributed by atoms with Crippen LogP contribution in [0.25, 0.3) is 0 Å². The van der Waals surface area contributed by atoms with E-state index in [0.29, 0.717) is 23.0 Å². The monoisotopic (exact) mass is 232 g/mol. The smallest absolute Gasteiger partial charge is 0.188 e. The number of rotatable bonds is 1. The molecule has 3 heteroatoms. The number of aldehydes is 1. The topological polar surface area (TPSA) is 54.4 Å². The van der Waals surface area contributed by atoms with Crippen molar-refractivity contribution in [1.29, 1.82) is 0 Å². The Morgan fingerprint density at radius 3 is 2.47 bits per heavy atom. The number of aliphatic hydroxyl groups excluding tert-OH is 1. The SMILES string of the molecule is CC1=C(C#C/C(C)=C/C=O)C(C)(C)C(O)C1=O. The predicted octanol–water partition coefficient (Wildman–Crippen LogP) is 1.42. The number of carbonyl (C=O) groups is 2. The third-order valence-electron chi connectivity index (χ3n) is 3.02. The number of ketones is 1. The van der Waals surface area contributed by atoms with Crippen molar-refractivity contribution in [2.75, 3.05) is 0 Å². The van der Waals surface area contributed by atoms with Crippen LogP contribution in [0.5, 0.6) is 0 Å². The minimum Gasteiger partial charge on any atom is -0.384 e. The molecule has 0 aromatic heterocycles. The maximum Gasteiger partial charge on any atom is 0.188 e. The first-order chi connectivity index (χ1) is 7.82. The van der Waals surface area contributed by atoms with Crippen LogP contribution >= 0.6 is 0 Å². The van der Waals surface area contributed by atoms with E-state index in [0.717, 1.165) is 0 Å². The average molecular weight is 232 g/mol. The largest absolute Gasteiger partial charge is 0.384 e. The van der Waals surface area contributed by atoms with Gasteiger partial charge in [0.1, 0.15) is 12.4 Å². The van der Waals surface area contributed by atoms with Gasteiger partial charge >= 0.3 is 0 Å². The van der Waals surface area contributed by atoms with Crippen molar-refractivity contribution in [1.82, 2.24) is 0 Å². The van der Waals surface area contributed by atoms with Gasteiger partial charge in [-0.05, 0) is 19.9 Å². The molecule has 1 aliphatic carbocycles. The van der Waals surface area contributed by atoms with Gasteiger partial charge in [-0.1, -0.05) is 25.7 Å². The molecular weight excluding hydrogens is 216 g/mol. The van der Waals surface area contributed by atoms with Crippen molar-refractivity contribution in [3.8, 4) is 11.8 Å². The van der Waals surface area contributed by atoms with Gasteiger partial charge in [-0.3, -0.25) is 9.59 Å². The highest BCUT2D eigenvalue weighted by Crippen LogP contribution is 2.39. The summed E-state index contributed by atoms with van der Waals surface area (Å²) < 4.78 is 0. The lowest BCUT2D eigenvalue weighted by Gasteiger charge is -2.22. The van der Waals surface area contributed by atoms with Crippen LogP contribution in [0.4, 0.5) is 0 Å². The number of allylic oxidation sites excluding steroid dienone is 2. The van der Waals surface area contributed by atoms with E-state index in [1.54, 1.807) is 27.7 Å². The Morgan fingerprint density at radius 1 is 1.47 bits per heavy atom. The Balaban J connectivity index is 3.18. The molecule has 0 saturated heterocycles. The van der Waals surface area contributed by atoms with Crippen LogP contribution in [-0.4, -0.2) is 23.3 Å². The molecule has 0 amide bonds. The van der Waals surface area contributed by atoms with Gasteiger partial charge in [0.15, 0.2) is 5.78 Å². The Kier molecular flexibility index (Phi) is 3.69. The lowest BCUT2D eigenvalue weighted by atomic mass is 9.83. The maximum absolute atomic E-state index is 11.7. The first-order valence-corrected chi connectivity index (χ1v) is 5.40. The van der Waals surface area contributed by atoms with Gasteiger partial charge < -0.3 is 5.11 Å². The highest BCUT2D eigenvalue weighted by Gasteiger charge is 2.44. The van der Waals surface area contributed by atoms with E-state index < -0.39 is 11.5 Å². The summed E-state index contributed by atoms with van der Waals surface area (Å²) in [5, 5.41) is 9.81. The summed E-state index contributed by atoms with van der Waals surface area (Å²) >= 11 is 0. The molecular formula is C14H16O3. The quantitative estimate of drug-likeness (QED) is 0.422. The van der Waals surface area contributed by atoms with E-state index in [-0.39, 0.29) is 5.78 Å². The molecule has 17 heavy (non-hydrogen) atoms. The van der Waals surface area contributed by atoms with E-state index in [4.69, 9.17) is 0 Å². The first-order valence-electron chi connectivity index (χ1n) is 5.40. The summed E-state index contributed by atoms with van der Waals surface area (Å²) in [6.07, 6.45) is 1.01. The van der Waals surface area contributed by atoms with Gasteiger partial charge in [0.25, 0.3) is 0 Å². The third kappa shape index (κ3) is 2.37. The predicted molar refractivity (Wildman–Crippen MR) is 65.1 cm³/mol. The zero-order valence-corrected chi connectivity index (χ0v) is 10.5. The number of hydrogen-bond acceptors (Lipinski definition) is 3. The van der Waals surface area contributed by atoms with Gasteiger partial charge in [-0.15, -0.1) is 0 Å². The molecule has 0 aromatic rings. The summed E-state index contributed by atoms with van der Waals surface area (Å²) in [4.78, 5) is 21.9. The number of Topliss-reactive ketones (excluding diaryl/α,β-unsaturated/α-hetero) is 1. The molecule has 1 aliphatic rings. The Labute approximate surface area is 101 Å². The molecule has 3 nitrogen and oxygen atoms in total. The summed E-state index contributed by atoms with van der Waals surface area (Å²) in [6.45, 7) is 6.96. The fourth-order valence-electron chi connectivity index (χ4n) is 1.84. The fraction of sp³-hybridized carbons (Fsp3) is 0.429. The molecule has 0 fully saturated rings. The summed E-state index contributed by atoms with van der Waals surface area (Å²) in [6, 6.07) is 0. The molecule has 0 aromatic carbocycles. The standard InChI is InChI=1S/C14H16O3/c1-9(7-8-15)5-6-11-10(2)12(16)13(17)14(11,3)4/h7-8,13,17H,1-4H3/b9-7+. The van der Waals surface area contributed by atoms with Crippen molar-refractivity contribution in [2.45, 2.75) is 33.8 Å². The van der Waals surface area contributed by atoms with Crippen molar-refractivity contribution >= 4 is 12.1 Å². The van der Waals surface area contributed by atoms with E-state index >= 15 is 0 Å². The van der Waals surface area contributed by atoms with Crippen LogP contribution in [0.1, 0.15) is 27.7 Å². The van der Waals surface area contributed by atoms with Crippen LogP contribution in [0, 0.1) is 17.3 Å². The summed E-state index contributed by atoms with van der Waals surface area (Å²) in [5.74, 6) is 5.43. The van der Waals surface area contributed by atoms with Gasteiger partial charge in [0.05, 0.1) is 0 Å². The van der Waals surface area contributed by atoms with Crippen LogP contribution in [0.2, 0.25) is 0 Å². The normalized spacial score (nSPS) is 23.5. The molecule has 0 radical (unpaired) electrons. The second-order valence-electron chi connectivity index (χ2n) is 4.72. The van der Waals surface area contributed by atoms with Crippen LogP contribution in [-0.2, 0) is 9.59 Å².